The van der Waals surface area contributed by atoms with Crippen LogP contribution >= 0.6 is 0 Å². The Balaban J connectivity index is 1.57. The lowest BCUT2D eigenvalue weighted by Gasteiger charge is -2.07. The third-order valence-corrected chi connectivity index (χ3v) is 3.14. The minimum absolute atomic E-state index is 0.0575. The number of rotatable bonds is 5. The van der Waals surface area contributed by atoms with Crippen molar-refractivity contribution in [1.29, 1.82) is 0 Å². The van der Waals surface area contributed by atoms with Crippen molar-refractivity contribution in [2.45, 2.75) is 12.8 Å². The second-order valence-corrected chi connectivity index (χ2v) is 5.15. The lowest BCUT2D eigenvalue weighted by atomic mass is 10.3. The van der Waals surface area contributed by atoms with Gasteiger partial charge in [-0.3, -0.25) is 10.3 Å². The summed E-state index contributed by atoms with van der Waals surface area (Å²) < 4.78 is 51.5. The van der Waals surface area contributed by atoms with E-state index in [1.807, 2.05) is 0 Å². The van der Waals surface area contributed by atoms with E-state index in [2.05, 4.69) is 34.9 Å². The highest BCUT2D eigenvalue weighted by Crippen LogP contribution is 2.28. The van der Waals surface area contributed by atoms with Crippen LogP contribution in [-0.4, -0.2) is 38.3 Å². The Bertz CT molecular complexity index is 961. The Kier molecular flexibility index (Phi) is 5.33. The molecule has 13 heteroatoms. The Hall–Kier alpha value is -3.77. The number of halogens is 3. The van der Waals surface area contributed by atoms with Gasteiger partial charge in [-0.25, -0.2) is 14.8 Å². The number of amides is 1. The molecule has 3 aromatic rings. The molecule has 28 heavy (non-hydrogen) atoms. The number of hydrogen-bond donors (Lipinski definition) is 1. The average molecular weight is 396 g/mol. The smallest absolute Gasteiger partial charge is 0.471 e. The first-order valence-electron chi connectivity index (χ1n) is 7.50. The normalized spacial score (nSPS) is 11.1. The van der Waals surface area contributed by atoms with Crippen LogP contribution in [0.4, 0.5) is 23.7 Å². The standard InChI is InChI=1S/C15H11F3N6O4/c1-26-10-2-8(3-19-6-10)7-27-14(25)22-9-4-20-11(21-5-9)12-23-13(28-24-12)15(16,17)18/h2-6H,7H2,1H3,(H,22,25). The van der Waals surface area contributed by atoms with E-state index < -0.39 is 24.0 Å². The summed E-state index contributed by atoms with van der Waals surface area (Å²) in [6.45, 7) is -0.0575. The van der Waals surface area contributed by atoms with Crippen molar-refractivity contribution in [3.8, 4) is 17.4 Å². The van der Waals surface area contributed by atoms with Crippen LogP contribution in [0.25, 0.3) is 11.6 Å². The molecule has 1 amide bonds. The fourth-order valence-electron chi connectivity index (χ4n) is 1.89. The molecule has 146 valence electrons. The average Bonchev–Trinajstić information content (AvgIpc) is 3.18. The van der Waals surface area contributed by atoms with Gasteiger partial charge in [0.25, 0.3) is 0 Å². The molecule has 3 heterocycles. The Labute approximate surface area is 154 Å². The first-order chi connectivity index (χ1) is 13.3. The van der Waals surface area contributed by atoms with Gasteiger partial charge in [-0.05, 0) is 6.07 Å². The van der Waals surface area contributed by atoms with Gasteiger partial charge >= 0.3 is 18.2 Å². The number of aromatic nitrogens is 5. The summed E-state index contributed by atoms with van der Waals surface area (Å²) in [7, 11) is 1.48. The maximum absolute atomic E-state index is 12.5. The van der Waals surface area contributed by atoms with Crippen LogP contribution < -0.4 is 10.1 Å². The van der Waals surface area contributed by atoms with Crippen LogP contribution in [-0.2, 0) is 17.5 Å². The van der Waals surface area contributed by atoms with Crippen molar-refractivity contribution >= 4 is 11.8 Å². The molecular weight excluding hydrogens is 385 g/mol. The minimum atomic E-state index is -4.77. The first-order valence-corrected chi connectivity index (χ1v) is 7.50. The summed E-state index contributed by atoms with van der Waals surface area (Å²) in [4.78, 5) is 26.4. The number of alkyl halides is 3. The molecule has 0 bridgehead atoms. The molecule has 0 aliphatic heterocycles. The number of pyridine rings is 1. The van der Waals surface area contributed by atoms with E-state index in [0.717, 1.165) is 12.4 Å². The number of methoxy groups -OCH3 is 1. The van der Waals surface area contributed by atoms with Crippen molar-refractivity contribution in [2.24, 2.45) is 0 Å². The second kappa shape index (κ2) is 7.85. The monoisotopic (exact) mass is 396 g/mol. The van der Waals surface area contributed by atoms with E-state index in [9.17, 15) is 18.0 Å². The maximum Gasteiger partial charge on any atom is 0.471 e. The minimum Gasteiger partial charge on any atom is -0.495 e. The highest BCUT2D eigenvalue weighted by Gasteiger charge is 2.38. The van der Waals surface area contributed by atoms with Gasteiger partial charge in [-0.15, -0.1) is 0 Å². The third-order valence-electron chi connectivity index (χ3n) is 3.14. The van der Waals surface area contributed by atoms with Crippen molar-refractivity contribution in [3.63, 3.8) is 0 Å². The van der Waals surface area contributed by atoms with Crippen molar-refractivity contribution in [3.05, 3.63) is 42.3 Å². The van der Waals surface area contributed by atoms with Gasteiger partial charge in [-0.1, -0.05) is 5.16 Å². The Morgan fingerprint density at radius 2 is 1.93 bits per heavy atom. The van der Waals surface area contributed by atoms with Crippen LogP contribution in [0.3, 0.4) is 0 Å². The predicted molar refractivity (Wildman–Crippen MR) is 84.9 cm³/mol. The summed E-state index contributed by atoms with van der Waals surface area (Å²) >= 11 is 0. The highest BCUT2D eigenvalue weighted by molar-refractivity contribution is 5.84. The predicted octanol–water partition coefficient (Wildman–Crippen LogP) is 2.70. The van der Waals surface area contributed by atoms with Crippen molar-refractivity contribution in [1.82, 2.24) is 25.1 Å². The summed E-state index contributed by atoms with van der Waals surface area (Å²) in [6.07, 6.45) is -0.245. The molecular formula is C15H11F3N6O4. The number of anilines is 1. The van der Waals surface area contributed by atoms with Crippen molar-refractivity contribution in [2.75, 3.05) is 12.4 Å². The summed E-state index contributed by atoms with van der Waals surface area (Å²) in [6, 6.07) is 1.65. The van der Waals surface area contributed by atoms with E-state index in [4.69, 9.17) is 9.47 Å². The molecule has 10 nitrogen and oxygen atoms in total. The number of ether oxygens (including phenoxy) is 2. The van der Waals surface area contributed by atoms with Gasteiger partial charge in [0.15, 0.2) is 0 Å². The lowest BCUT2D eigenvalue weighted by molar-refractivity contribution is -0.159. The highest BCUT2D eigenvalue weighted by atomic mass is 19.4. The number of hydrogen-bond acceptors (Lipinski definition) is 9. The molecule has 3 rings (SSSR count). The van der Waals surface area contributed by atoms with E-state index in [-0.39, 0.29) is 18.1 Å². The fourth-order valence-corrected chi connectivity index (χ4v) is 1.89. The molecule has 0 aliphatic carbocycles. The van der Waals surface area contributed by atoms with E-state index in [1.165, 1.54) is 19.5 Å². The zero-order valence-electron chi connectivity index (χ0n) is 14.1. The molecule has 0 saturated heterocycles. The second-order valence-electron chi connectivity index (χ2n) is 5.15. The van der Waals surface area contributed by atoms with Crippen LogP contribution in [0.5, 0.6) is 5.75 Å². The van der Waals surface area contributed by atoms with Gasteiger partial charge in [-0.2, -0.15) is 18.2 Å². The Morgan fingerprint density at radius 1 is 1.18 bits per heavy atom. The molecule has 0 unspecified atom stereocenters. The van der Waals surface area contributed by atoms with E-state index in [1.54, 1.807) is 6.07 Å². The third kappa shape index (κ3) is 4.69. The number of carbonyl (C=O) groups is 1. The number of carbonyl (C=O) groups excluding carboxylic acids is 1. The van der Waals surface area contributed by atoms with Gasteiger partial charge in [0.1, 0.15) is 12.4 Å². The fraction of sp³-hybridized carbons (Fsp3) is 0.200. The van der Waals surface area contributed by atoms with Crippen LogP contribution in [0.2, 0.25) is 0 Å². The number of nitrogens with one attached hydrogen (secondary N) is 1. The van der Waals surface area contributed by atoms with Crippen LogP contribution in [0.15, 0.2) is 35.4 Å². The summed E-state index contributed by atoms with van der Waals surface area (Å²) in [5.74, 6) is -1.64. The zero-order chi connectivity index (χ0) is 20.1. The summed E-state index contributed by atoms with van der Waals surface area (Å²) in [5, 5.41) is 5.53. The largest absolute Gasteiger partial charge is 0.495 e. The maximum atomic E-state index is 12.5. The van der Waals surface area contributed by atoms with E-state index >= 15 is 0 Å². The molecule has 0 aromatic carbocycles. The molecule has 0 aliphatic rings. The zero-order valence-corrected chi connectivity index (χ0v) is 14.1. The Morgan fingerprint density at radius 3 is 2.57 bits per heavy atom. The molecule has 1 N–H and O–H groups in total. The lowest BCUT2D eigenvalue weighted by Crippen LogP contribution is -2.14. The quantitative estimate of drug-likeness (QED) is 0.693. The first kappa shape index (κ1) is 19.0. The van der Waals surface area contributed by atoms with Gasteiger partial charge < -0.3 is 14.0 Å². The molecule has 3 aromatic heterocycles. The topological polar surface area (TPSA) is 125 Å². The summed E-state index contributed by atoms with van der Waals surface area (Å²) in [5.41, 5.74) is 0.760. The van der Waals surface area contributed by atoms with Crippen LogP contribution in [0, 0.1) is 0 Å². The van der Waals surface area contributed by atoms with E-state index in [0.29, 0.717) is 11.3 Å². The number of nitrogens with zero attached hydrogens (tertiary/aromatic N) is 5. The SMILES string of the molecule is COc1cncc(COC(=O)Nc2cnc(-c3noc(C(F)(F)F)n3)nc2)c1. The van der Waals surface area contributed by atoms with Crippen molar-refractivity contribution < 1.29 is 32.0 Å². The van der Waals surface area contributed by atoms with Gasteiger partial charge in [0.05, 0.1) is 31.4 Å². The van der Waals surface area contributed by atoms with Gasteiger partial charge in [0, 0.05) is 11.8 Å². The molecule has 0 radical (unpaired) electrons. The van der Waals surface area contributed by atoms with Gasteiger partial charge in [0.2, 0.25) is 11.6 Å². The molecule has 0 saturated carbocycles. The molecule has 0 atom stereocenters. The molecule has 0 fully saturated rings. The van der Waals surface area contributed by atoms with Crippen LogP contribution in [0.1, 0.15) is 11.5 Å². The molecule has 0 spiro atoms.